The van der Waals surface area contributed by atoms with Gasteiger partial charge < -0.3 is 9.64 Å². The van der Waals surface area contributed by atoms with E-state index in [1.165, 1.54) is 24.3 Å². The van der Waals surface area contributed by atoms with Gasteiger partial charge in [-0.2, -0.15) is 0 Å². The predicted octanol–water partition coefficient (Wildman–Crippen LogP) is 2.91. The van der Waals surface area contributed by atoms with Gasteiger partial charge in [0.2, 0.25) is 10.0 Å². The zero-order valence-corrected chi connectivity index (χ0v) is 16.9. The SMILES string of the molecule is CN(CCOc1ccccc1)C(=O)c1ccc(S(=O)(=O)NC(C)(C)C)cc1. The lowest BCUT2D eigenvalue weighted by atomic mass is 10.1. The molecule has 2 aromatic carbocycles. The van der Waals surface area contributed by atoms with Gasteiger partial charge in [0.25, 0.3) is 5.91 Å². The maximum atomic E-state index is 12.5. The van der Waals surface area contributed by atoms with Crippen LogP contribution < -0.4 is 9.46 Å². The maximum Gasteiger partial charge on any atom is 0.253 e. The molecule has 0 aromatic heterocycles. The summed E-state index contributed by atoms with van der Waals surface area (Å²) in [4.78, 5) is 14.2. The summed E-state index contributed by atoms with van der Waals surface area (Å²) in [5.74, 6) is 0.554. The van der Waals surface area contributed by atoms with Gasteiger partial charge in [0.1, 0.15) is 12.4 Å². The molecule has 0 atom stereocenters. The molecular formula is C20H26N2O4S. The average molecular weight is 391 g/mol. The molecule has 0 aliphatic carbocycles. The fourth-order valence-electron chi connectivity index (χ4n) is 2.38. The summed E-state index contributed by atoms with van der Waals surface area (Å²) in [5.41, 5.74) is -0.154. The molecule has 1 N–H and O–H groups in total. The number of sulfonamides is 1. The molecule has 1 amide bonds. The lowest BCUT2D eigenvalue weighted by Gasteiger charge is -2.20. The first-order valence-corrected chi connectivity index (χ1v) is 10.1. The molecule has 6 nitrogen and oxygen atoms in total. The Kier molecular flexibility index (Phi) is 6.62. The Morgan fingerprint density at radius 1 is 1.04 bits per heavy atom. The van der Waals surface area contributed by atoms with Crippen molar-refractivity contribution in [3.8, 4) is 5.75 Å². The lowest BCUT2D eigenvalue weighted by molar-refractivity contribution is 0.0773. The monoisotopic (exact) mass is 390 g/mol. The summed E-state index contributed by atoms with van der Waals surface area (Å²) < 4.78 is 32.8. The van der Waals surface area contributed by atoms with Crippen molar-refractivity contribution < 1.29 is 17.9 Å². The Morgan fingerprint density at radius 2 is 1.63 bits per heavy atom. The van der Waals surface area contributed by atoms with E-state index in [0.717, 1.165) is 5.75 Å². The molecule has 0 saturated carbocycles. The van der Waals surface area contributed by atoms with Crippen LogP contribution in [0, 0.1) is 0 Å². The van der Waals surface area contributed by atoms with Gasteiger partial charge in [-0.3, -0.25) is 4.79 Å². The molecule has 2 rings (SSSR count). The highest BCUT2D eigenvalue weighted by molar-refractivity contribution is 7.89. The van der Waals surface area contributed by atoms with E-state index < -0.39 is 15.6 Å². The number of carbonyl (C=O) groups excluding carboxylic acids is 1. The number of rotatable bonds is 7. The smallest absolute Gasteiger partial charge is 0.253 e. The van der Waals surface area contributed by atoms with Crippen LogP contribution >= 0.6 is 0 Å². The van der Waals surface area contributed by atoms with Crippen molar-refractivity contribution in [2.75, 3.05) is 20.2 Å². The van der Waals surface area contributed by atoms with Gasteiger partial charge in [0.15, 0.2) is 0 Å². The Balaban J connectivity index is 1.96. The minimum atomic E-state index is -3.62. The lowest BCUT2D eigenvalue weighted by Crippen LogP contribution is -2.40. The van der Waals surface area contributed by atoms with E-state index in [-0.39, 0.29) is 10.8 Å². The first-order valence-electron chi connectivity index (χ1n) is 8.66. The number of nitrogens with zero attached hydrogens (tertiary/aromatic N) is 1. The number of benzene rings is 2. The van der Waals surface area contributed by atoms with Gasteiger partial charge in [0.05, 0.1) is 11.4 Å². The fourth-order valence-corrected chi connectivity index (χ4v) is 3.80. The Morgan fingerprint density at radius 3 is 2.19 bits per heavy atom. The standard InChI is InChI=1S/C20H26N2O4S/c1-20(2,3)21-27(24,25)18-12-10-16(11-13-18)19(23)22(4)14-15-26-17-8-6-5-7-9-17/h5-13,21H,14-15H2,1-4H3. The summed E-state index contributed by atoms with van der Waals surface area (Å²) in [6.07, 6.45) is 0. The molecule has 0 saturated heterocycles. The van der Waals surface area contributed by atoms with E-state index in [1.807, 2.05) is 30.3 Å². The summed E-state index contributed by atoms with van der Waals surface area (Å²) >= 11 is 0. The largest absolute Gasteiger partial charge is 0.492 e. The first kappa shape index (κ1) is 20.9. The van der Waals surface area contributed by atoms with Crippen molar-refractivity contribution in [3.05, 3.63) is 60.2 Å². The van der Waals surface area contributed by atoms with Crippen molar-refractivity contribution >= 4 is 15.9 Å². The van der Waals surface area contributed by atoms with Crippen LogP contribution in [0.15, 0.2) is 59.5 Å². The molecule has 7 heteroatoms. The van der Waals surface area contributed by atoms with Gasteiger partial charge in [0, 0.05) is 18.2 Å². The second-order valence-electron chi connectivity index (χ2n) is 7.27. The molecular weight excluding hydrogens is 364 g/mol. The zero-order chi connectivity index (χ0) is 20.1. The highest BCUT2D eigenvalue weighted by Gasteiger charge is 2.22. The number of para-hydroxylation sites is 1. The number of amides is 1. The average Bonchev–Trinajstić information content (AvgIpc) is 2.60. The van der Waals surface area contributed by atoms with E-state index >= 15 is 0 Å². The van der Waals surface area contributed by atoms with Crippen LogP contribution in [0.25, 0.3) is 0 Å². The number of carbonyl (C=O) groups is 1. The van der Waals surface area contributed by atoms with E-state index in [4.69, 9.17) is 4.74 Å². The second-order valence-corrected chi connectivity index (χ2v) is 8.95. The topological polar surface area (TPSA) is 75.7 Å². The molecule has 0 bridgehead atoms. The second kappa shape index (κ2) is 8.54. The zero-order valence-electron chi connectivity index (χ0n) is 16.1. The third-order valence-corrected chi connectivity index (χ3v) is 5.41. The van der Waals surface area contributed by atoms with Gasteiger partial charge in [-0.15, -0.1) is 0 Å². The Hall–Kier alpha value is -2.38. The van der Waals surface area contributed by atoms with Crippen LogP contribution in [0.4, 0.5) is 0 Å². The van der Waals surface area contributed by atoms with E-state index in [0.29, 0.717) is 18.7 Å². The van der Waals surface area contributed by atoms with Gasteiger partial charge in [-0.25, -0.2) is 13.1 Å². The molecule has 0 aliphatic rings. The molecule has 0 radical (unpaired) electrons. The molecule has 27 heavy (non-hydrogen) atoms. The molecule has 0 heterocycles. The Labute approximate surface area is 161 Å². The summed E-state index contributed by atoms with van der Waals surface area (Å²) in [7, 11) is -1.94. The highest BCUT2D eigenvalue weighted by atomic mass is 32.2. The van der Waals surface area contributed by atoms with Crippen LogP contribution in [0.2, 0.25) is 0 Å². The third-order valence-electron chi connectivity index (χ3n) is 3.64. The first-order chi connectivity index (χ1) is 12.6. The highest BCUT2D eigenvalue weighted by Crippen LogP contribution is 2.15. The third kappa shape index (κ3) is 6.37. The van der Waals surface area contributed by atoms with Crippen molar-refractivity contribution in [1.29, 1.82) is 0 Å². The molecule has 2 aromatic rings. The van der Waals surface area contributed by atoms with Gasteiger partial charge in [-0.1, -0.05) is 18.2 Å². The molecule has 0 spiro atoms. The van der Waals surface area contributed by atoms with Gasteiger partial charge in [-0.05, 0) is 57.2 Å². The van der Waals surface area contributed by atoms with Crippen LogP contribution in [0.5, 0.6) is 5.75 Å². The number of nitrogens with one attached hydrogen (secondary N) is 1. The van der Waals surface area contributed by atoms with Crippen molar-refractivity contribution in [1.82, 2.24) is 9.62 Å². The van der Waals surface area contributed by atoms with Gasteiger partial charge >= 0.3 is 0 Å². The van der Waals surface area contributed by atoms with E-state index in [2.05, 4.69) is 4.72 Å². The molecule has 146 valence electrons. The van der Waals surface area contributed by atoms with Crippen molar-refractivity contribution in [2.45, 2.75) is 31.2 Å². The molecule has 0 fully saturated rings. The normalized spacial score (nSPS) is 11.9. The Bertz CT molecular complexity index is 857. The number of hydrogen-bond donors (Lipinski definition) is 1. The van der Waals surface area contributed by atoms with Crippen LogP contribution in [-0.2, 0) is 10.0 Å². The van der Waals surface area contributed by atoms with E-state index in [1.54, 1.807) is 32.7 Å². The fraction of sp³-hybridized carbons (Fsp3) is 0.350. The predicted molar refractivity (Wildman–Crippen MR) is 105 cm³/mol. The minimum Gasteiger partial charge on any atom is -0.492 e. The molecule has 0 unspecified atom stereocenters. The minimum absolute atomic E-state index is 0.129. The summed E-state index contributed by atoms with van der Waals surface area (Å²) in [6.45, 7) is 6.10. The van der Waals surface area contributed by atoms with Crippen LogP contribution in [0.3, 0.4) is 0 Å². The number of ether oxygens (including phenoxy) is 1. The molecule has 0 aliphatic heterocycles. The number of likely N-dealkylation sites (N-methyl/N-ethyl adjacent to an activating group) is 1. The quantitative estimate of drug-likeness (QED) is 0.789. The van der Waals surface area contributed by atoms with E-state index in [9.17, 15) is 13.2 Å². The summed E-state index contributed by atoms with van der Waals surface area (Å²) in [6, 6.07) is 15.3. The van der Waals surface area contributed by atoms with Crippen molar-refractivity contribution in [3.63, 3.8) is 0 Å². The number of hydrogen-bond acceptors (Lipinski definition) is 4. The summed E-state index contributed by atoms with van der Waals surface area (Å²) in [5, 5.41) is 0. The van der Waals surface area contributed by atoms with Crippen LogP contribution in [0.1, 0.15) is 31.1 Å². The maximum absolute atomic E-state index is 12.5. The van der Waals surface area contributed by atoms with Crippen molar-refractivity contribution in [2.24, 2.45) is 0 Å². The van der Waals surface area contributed by atoms with Crippen LogP contribution in [-0.4, -0.2) is 45.0 Å².